The third-order valence-electron chi connectivity index (χ3n) is 5.31. The minimum absolute atomic E-state index is 0.0588. The topological polar surface area (TPSA) is 82.1 Å². The van der Waals surface area contributed by atoms with E-state index in [1.165, 1.54) is 12.0 Å². The molecule has 0 radical (unpaired) electrons. The zero-order valence-corrected chi connectivity index (χ0v) is 23.0. The van der Waals surface area contributed by atoms with Crippen molar-refractivity contribution >= 4 is 62.5 Å². The van der Waals surface area contributed by atoms with Gasteiger partial charge in [-0.15, -0.1) is 0 Å². The van der Waals surface area contributed by atoms with E-state index in [9.17, 15) is 14.4 Å². The molecule has 1 heterocycles. The zero-order chi connectivity index (χ0) is 26.5. The monoisotopic (exact) mass is 601 g/mol. The van der Waals surface area contributed by atoms with E-state index < -0.39 is 11.9 Å². The molecule has 0 N–H and O–H groups in total. The van der Waals surface area contributed by atoms with Gasteiger partial charge in [0.2, 0.25) is 0 Å². The van der Waals surface area contributed by atoms with Crippen LogP contribution in [0.5, 0.6) is 17.2 Å². The van der Waals surface area contributed by atoms with Crippen LogP contribution in [0.2, 0.25) is 5.02 Å². The van der Waals surface area contributed by atoms with Crippen LogP contribution in [-0.2, 0) is 11.3 Å². The van der Waals surface area contributed by atoms with Crippen molar-refractivity contribution in [3.05, 3.63) is 91.8 Å². The molecular weight excluding hydrogens is 582 g/mol. The molecule has 2 amide bonds. The van der Waals surface area contributed by atoms with Gasteiger partial charge in [-0.3, -0.25) is 14.5 Å². The molecule has 0 aliphatic carbocycles. The van der Waals surface area contributed by atoms with Crippen molar-refractivity contribution in [2.75, 3.05) is 13.7 Å². The van der Waals surface area contributed by atoms with Gasteiger partial charge < -0.3 is 14.2 Å². The molecule has 0 bridgehead atoms. The number of benzene rings is 3. The van der Waals surface area contributed by atoms with Crippen LogP contribution in [0.3, 0.4) is 0 Å². The van der Waals surface area contributed by atoms with Crippen LogP contribution in [0.4, 0.5) is 4.79 Å². The highest BCUT2D eigenvalue weighted by Crippen LogP contribution is 2.40. The molecule has 7 nitrogen and oxygen atoms in total. The number of thioether (sulfide) groups is 1. The molecule has 0 atom stereocenters. The van der Waals surface area contributed by atoms with E-state index in [4.69, 9.17) is 25.8 Å². The van der Waals surface area contributed by atoms with Crippen molar-refractivity contribution in [3.63, 3.8) is 0 Å². The highest BCUT2D eigenvalue weighted by molar-refractivity contribution is 9.10. The summed E-state index contributed by atoms with van der Waals surface area (Å²) in [5.74, 6) is -0.130. The number of esters is 1. The van der Waals surface area contributed by atoms with Crippen LogP contribution in [0.1, 0.15) is 28.4 Å². The lowest BCUT2D eigenvalue weighted by Crippen LogP contribution is -2.27. The van der Waals surface area contributed by atoms with Gasteiger partial charge in [-0.1, -0.05) is 45.7 Å². The summed E-state index contributed by atoms with van der Waals surface area (Å²) in [5.41, 5.74) is 1.64. The molecule has 10 heteroatoms. The van der Waals surface area contributed by atoms with E-state index in [0.29, 0.717) is 16.9 Å². The van der Waals surface area contributed by atoms with Crippen molar-refractivity contribution in [2.24, 2.45) is 0 Å². The third-order valence-corrected chi connectivity index (χ3v) is 7.27. The lowest BCUT2D eigenvalue weighted by Gasteiger charge is -2.14. The minimum atomic E-state index is -0.619. The smallest absolute Gasteiger partial charge is 0.343 e. The van der Waals surface area contributed by atoms with E-state index >= 15 is 0 Å². The van der Waals surface area contributed by atoms with Crippen LogP contribution in [0.25, 0.3) is 6.08 Å². The largest absolute Gasteiger partial charge is 0.497 e. The number of carbonyl (C=O) groups is 3. The van der Waals surface area contributed by atoms with E-state index in [2.05, 4.69) is 15.9 Å². The van der Waals surface area contributed by atoms with Gasteiger partial charge in [0, 0.05) is 4.47 Å². The Morgan fingerprint density at radius 3 is 2.51 bits per heavy atom. The Bertz CT molecular complexity index is 1390. The fraction of sp³-hybridized carbons (Fsp3) is 0.148. The van der Waals surface area contributed by atoms with Crippen molar-refractivity contribution < 1.29 is 28.6 Å². The number of ether oxygens (including phenoxy) is 3. The summed E-state index contributed by atoms with van der Waals surface area (Å²) in [6.45, 7) is 2.21. The number of hydrogen-bond donors (Lipinski definition) is 0. The number of imide groups is 1. The molecule has 3 aromatic rings. The summed E-state index contributed by atoms with van der Waals surface area (Å²) in [7, 11) is 1.53. The van der Waals surface area contributed by atoms with E-state index in [1.54, 1.807) is 49.4 Å². The first-order valence-corrected chi connectivity index (χ1v) is 13.1. The van der Waals surface area contributed by atoms with Gasteiger partial charge in [-0.05, 0) is 78.4 Å². The summed E-state index contributed by atoms with van der Waals surface area (Å²) in [6, 6.07) is 17.0. The number of hydrogen-bond acceptors (Lipinski definition) is 7. The second kappa shape index (κ2) is 11.9. The lowest BCUT2D eigenvalue weighted by molar-refractivity contribution is -0.123. The maximum absolute atomic E-state index is 13.0. The molecule has 37 heavy (non-hydrogen) atoms. The maximum atomic E-state index is 13.0. The Hall–Kier alpha value is -3.27. The van der Waals surface area contributed by atoms with Crippen LogP contribution in [0, 0.1) is 0 Å². The normalized spacial score (nSPS) is 14.3. The minimum Gasteiger partial charge on any atom is -0.497 e. The first-order valence-electron chi connectivity index (χ1n) is 11.1. The Labute approximate surface area is 231 Å². The molecule has 4 rings (SSSR count). The number of halogens is 2. The number of amides is 2. The Morgan fingerprint density at radius 2 is 1.84 bits per heavy atom. The molecule has 0 unspecified atom stereocenters. The first kappa shape index (κ1) is 26.8. The molecule has 1 fully saturated rings. The molecule has 0 aromatic heterocycles. The van der Waals surface area contributed by atoms with Crippen LogP contribution < -0.4 is 14.2 Å². The molecule has 3 aromatic carbocycles. The van der Waals surface area contributed by atoms with Crippen LogP contribution in [-0.4, -0.2) is 35.7 Å². The van der Waals surface area contributed by atoms with Crippen molar-refractivity contribution in [2.45, 2.75) is 13.5 Å². The third kappa shape index (κ3) is 6.18. The van der Waals surface area contributed by atoms with Gasteiger partial charge in [0.25, 0.3) is 11.1 Å². The highest BCUT2D eigenvalue weighted by Gasteiger charge is 2.35. The molecule has 1 aliphatic rings. The fourth-order valence-electron chi connectivity index (χ4n) is 3.50. The van der Waals surface area contributed by atoms with Crippen molar-refractivity contribution in [1.82, 2.24) is 4.90 Å². The summed E-state index contributed by atoms with van der Waals surface area (Å²) in [4.78, 5) is 39.7. The van der Waals surface area contributed by atoms with Gasteiger partial charge in [0.05, 0.1) is 35.8 Å². The lowest BCUT2D eigenvalue weighted by atomic mass is 10.1. The SMILES string of the molecule is CCOc1cc(/C=C2\SC(=O)N(Cc3ccccc3Br)C2=O)cc(Cl)c1OC(=O)c1ccc(OC)cc1. The number of methoxy groups -OCH3 is 1. The van der Waals surface area contributed by atoms with E-state index in [1.807, 2.05) is 24.3 Å². The Balaban J connectivity index is 1.58. The van der Waals surface area contributed by atoms with Crippen molar-refractivity contribution in [1.29, 1.82) is 0 Å². The van der Waals surface area contributed by atoms with Gasteiger partial charge in [-0.25, -0.2) is 4.79 Å². The predicted molar refractivity (Wildman–Crippen MR) is 146 cm³/mol. The molecule has 1 saturated heterocycles. The molecule has 0 spiro atoms. The predicted octanol–water partition coefficient (Wildman–Crippen LogP) is 6.97. The van der Waals surface area contributed by atoms with Gasteiger partial charge >= 0.3 is 5.97 Å². The molecular formula is C27H21BrClNO6S. The van der Waals surface area contributed by atoms with Gasteiger partial charge in [-0.2, -0.15) is 0 Å². The summed E-state index contributed by atoms with van der Waals surface area (Å²) >= 11 is 10.8. The average Bonchev–Trinajstić information content (AvgIpc) is 3.14. The van der Waals surface area contributed by atoms with Crippen LogP contribution in [0.15, 0.2) is 70.0 Å². The molecule has 1 aliphatic heterocycles. The number of carbonyl (C=O) groups excluding carboxylic acids is 3. The quantitative estimate of drug-likeness (QED) is 0.157. The summed E-state index contributed by atoms with van der Waals surface area (Å²) < 4.78 is 17.1. The van der Waals surface area contributed by atoms with Gasteiger partial charge in [0.15, 0.2) is 11.5 Å². The zero-order valence-electron chi connectivity index (χ0n) is 19.8. The maximum Gasteiger partial charge on any atom is 0.343 e. The average molecular weight is 603 g/mol. The van der Waals surface area contributed by atoms with Gasteiger partial charge in [0.1, 0.15) is 5.75 Å². The fourth-order valence-corrected chi connectivity index (χ4v) is 5.00. The van der Waals surface area contributed by atoms with E-state index in [-0.39, 0.29) is 39.8 Å². The van der Waals surface area contributed by atoms with Crippen molar-refractivity contribution in [3.8, 4) is 17.2 Å². The molecule has 190 valence electrons. The summed E-state index contributed by atoms with van der Waals surface area (Å²) in [5, 5.41) is -0.250. The molecule has 0 saturated carbocycles. The second-order valence-corrected chi connectivity index (χ2v) is 10.00. The van der Waals surface area contributed by atoms with E-state index in [0.717, 1.165) is 21.8 Å². The standard InChI is InChI=1S/C27H21BrClNO6S/c1-3-35-22-13-16(12-21(29)24(22)36-26(32)17-8-10-19(34-2)11-9-17)14-23-25(31)30(27(33)37-23)15-18-6-4-5-7-20(18)28/h4-14H,3,15H2,1-2H3/b23-14-. The number of rotatable bonds is 8. The van der Waals surface area contributed by atoms with Crippen LogP contribution >= 0.6 is 39.3 Å². The Morgan fingerprint density at radius 1 is 1.11 bits per heavy atom. The first-order chi connectivity index (χ1) is 17.8. The highest BCUT2D eigenvalue weighted by atomic mass is 79.9. The Kier molecular flexibility index (Phi) is 8.58. The summed E-state index contributed by atoms with van der Waals surface area (Å²) in [6.07, 6.45) is 1.56. The number of nitrogens with zero attached hydrogens (tertiary/aromatic N) is 1. The second-order valence-electron chi connectivity index (χ2n) is 7.74.